The fraction of sp³-hybridized carbons (Fsp3) is 0.167. The van der Waals surface area contributed by atoms with Crippen LogP contribution in [0.5, 0.6) is 0 Å². The van der Waals surface area contributed by atoms with Crippen LogP contribution in [-0.4, -0.2) is 16.6 Å². The highest BCUT2D eigenvalue weighted by molar-refractivity contribution is 6.32. The molecule has 1 N–H and O–H groups in total. The average molecular weight is 375 g/mol. The molecule has 0 unspecified atom stereocenters. The van der Waals surface area contributed by atoms with Crippen molar-refractivity contribution in [3.8, 4) is 5.69 Å². The summed E-state index contributed by atoms with van der Waals surface area (Å²) in [6, 6.07) is 9.00. The molecule has 0 aliphatic carbocycles. The number of halogens is 3. The van der Waals surface area contributed by atoms with Crippen molar-refractivity contribution in [2.24, 2.45) is 0 Å². The SMILES string of the molecule is [C-]#[N+]c1cc2c(NC)nc(=O)n(-c3ccccc3Cl)c2cc1C(C)(F)F. The second-order valence-corrected chi connectivity index (χ2v) is 6.07. The maximum absolute atomic E-state index is 14.0. The summed E-state index contributed by atoms with van der Waals surface area (Å²) in [5, 5.41) is 3.40. The number of hydrogen-bond donors (Lipinski definition) is 1. The third kappa shape index (κ3) is 2.89. The zero-order chi connectivity index (χ0) is 19.1. The van der Waals surface area contributed by atoms with Gasteiger partial charge in [0.1, 0.15) is 5.82 Å². The first-order valence-electron chi connectivity index (χ1n) is 7.57. The second-order valence-electron chi connectivity index (χ2n) is 5.67. The summed E-state index contributed by atoms with van der Waals surface area (Å²) in [4.78, 5) is 19.7. The number of benzene rings is 2. The fourth-order valence-electron chi connectivity index (χ4n) is 2.76. The predicted molar refractivity (Wildman–Crippen MR) is 97.7 cm³/mol. The maximum atomic E-state index is 14.0. The molecule has 2 aromatic carbocycles. The third-order valence-corrected chi connectivity index (χ3v) is 4.25. The lowest BCUT2D eigenvalue weighted by Crippen LogP contribution is -2.24. The van der Waals surface area contributed by atoms with Gasteiger partial charge in [-0.15, -0.1) is 0 Å². The van der Waals surface area contributed by atoms with Crippen LogP contribution in [0.2, 0.25) is 5.02 Å². The van der Waals surface area contributed by atoms with Crippen molar-refractivity contribution in [2.75, 3.05) is 12.4 Å². The number of alkyl halides is 2. The first kappa shape index (κ1) is 17.8. The van der Waals surface area contributed by atoms with E-state index < -0.39 is 17.2 Å². The molecule has 3 rings (SSSR count). The fourth-order valence-corrected chi connectivity index (χ4v) is 2.98. The molecule has 132 valence electrons. The molecule has 0 aliphatic rings. The summed E-state index contributed by atoms with van der Waals surface area (Å²) in [7, 11) is 1.56. The summed E-state index contributed by atoms with van der Waals surface area (Å²) in [6.45, 7) is 7.93. The molecular formula is C18H13ClF2N4O. The molecule has 0 amide bonds. The van der Waals surface area contributed by atoms with Crippen LogP contribution >= 0.6 is 11.6 Å². The van der Waals surface area contributed by atoms with Gasteiger partial charge in [0.2, 0.25) is 0 Å². The Kier molecular flexibility index (Phi) is 4.38. The Hall–Kier alpha value is -2.98. The van der Waals surface area contributed by atoms with Crippen LogP contribution in [0.25, 0.3) is 21.4 Å². The minimum absolute atomic E-state index is 0.186. The third-order valence-electron chi connectivity index (χ3n) is 3.93. The Morgan fingerprint density at radius 3 is 2.58 bits per heavy atom. The van der Waals surface area contributed by atoms with E-state index in [1.54, 1.807) is 31.3 Å². The molecule has 1 heterocycles. The lowest BCUT2D eigenvalue weighted by molar-refractivity contribution is 0.0185. The first-order chi connectivity index (χ1) is 12.3. The van der Waals surface area contributed by atoms with Crippen molar-refractivity contribution in [3.05, 3.63) is 68.9 Å². The van der Waals surface area contributed by atoms with Crippen molar-refractivity contribution in [1.82, 2.24) is 9.55 Å². The van der Waals surface area contributed by atoms with Crippen molar-refractivity contribution in [2.45, 2.75) is 12.8 Å². The van der Waals surface area contributed by atoms with E-state index in [0.29, 0.717) is 18.0 Å². The van der Waals surface area contributed by atoms with Crippen molar-refractivity contribution in [3.63, 3.8) is 0 Å². The van der Waals surface area contributed by atoms with Gasteiger partial charge in [0.05, 0.1) is 22.8 Å². The van der Waals surface area contributed by atoms with Gasteiger partial charge in [0.15, 0.2) is 5.69 Å². The summed E-state index contributed by atoms with van der Waals surface area (Å²) in [5.74, 6) is -3.05. The lowest BCUT2D eigenvalue weighted by Gasteiger charge is -2.18. The number of para-hydroxylation sites is 1. The molecule has 26 heavy (non-hydrogen) atoms. The zero-order valence-electron chi connectivity index (χ0n) is 13.8. The molecule has 0 saturated carbocycles. The van der Waals surface area contributed by atoms with E-state index in [0.717, 1.165) is 6.07 Å². The molecule has 8 heteroatoms. The molecule has 0 saturated heterocycles. The molecule has 0 bridgehead atoms. The minimum atomic E-state index is -3.25. The first-order valence-corrected chi connectivity index (χ1v) is 7.95. The minimum Gasteiger partial charge on any atom is -0.372 e. The molecule has 0 radical (unpaired) electrons. The van der Waals surface area contributed by atoms with Crippen LogP contribution in [0.4, 0.5) is 20.3 Å². The van der Waals surface area contributed by atoms with Crippen LogP contribution in [0.1, 0.15) is 12.5 Å². The van der Waals surface area contributed by atoms with Gasteiger partial charge >= 0.3 is 5.69 Å². The molecule has 0 atom stereocenters. The van der Waals surface area contributed by atoms with Crippen LogP contribution in [0.3, 0.4) is 0 Å². The van der Waals surface area contributed by atoms with Gasteiger partial charge in [-0.1, -0.05) is 23.7 Å². The smallest absolute Gasteiger partial charge is 0.354 e. The summed E-state index contributed by atoms with van der Waals surface area (Å²) in [5.41, 5.74) is -0.830. The highest BCUT2D eigenvalue weighted by Gasteiger charge is 2.29. The lowest BCUT2D eigenvalue weighted by atomic mass is 10.0. The van der Waals surface area contributed by atoms with E-state index in [4.69, 9.17) is 18.2 Å². The Labute approximate surface area is 152 Å². The monoisotopic (exact) mass is 374 g/mol. The Balaban J connectivity index is 2.54. The molecule has 1 aromatic heterocycles. The number of nitrogens with zero attached hydrogens (tertiary/aromatic N) is 3. The van der Waals surface area contributed by atoms with E-state index in [1.807, 2.05) is 0 Å². The standard InChI is InChI=1S/C18H13ClF2N4O/c1-18(20,21)11-9-15-10(8-13(11)22-2)16(23-3)24-17(26)25(15)14-7-5-4-6-12(14)19/h4-9H,1,3H3,(H,23,24,26). The molecule has 3 aromatic rings. The van der Waals surface area contributed by atoms with E-state index in [1.165, 1.54) is 10.6 Å². The Morgan fingerprint density at radius 2 is 2.00 bits per heavy atom. The van der Waals surface area contributed by atoms with Crippen molar-refractivity contribution < 1.29 is 8.78 Å². The average Bonchev–Trinajstić information content (AvgIpc) is 2.60. The van der Waals surface area contributed by atoms with Gasteiger partial charge in [-0.25, -0.2) is 18.4 Å². The van der Waals surface area contributed by atoms with Gasteiger partial charge in [-0.05, 0) is 24.3 Å². The van der Waals surface area contributed by atoms with Crippen molar-refractivity contribution >= 4 is 34.0 Å². The number of fused-ring (bicyclic) bond motifs is 1. The van der Waals surface area contributed by atoms with E-state index in [-0.39, 0.29) is 22.0 Å². The van der Waals surface area contributed by atoms with E-state index >= 15 is 0 Å². The van der Waals surface area contributed by atoms with Gasteiger partial charge < -0.3 is 5.32 Å². The quantitative estimate of drug-likeness (QED) is 0.673. The van der Waals surface area contributed by atoms with E-state index in [9.17, 15) is 13.6 Å². The maximum Gasteiger partial charge on any atom is 0.354 e. The van der Waals surface area contributed by atoms with Gasteiger partial charge in [-0.2, -0.15) is 4.98 Å². The molecule has 0 spiro atoms. The molecular weight excluding hydrogens is 362 g/mol. The number of rotatable bonds is 3. The zero-order valence-corrected chi connectivity index (χ0v) is 14.6. The Morgan fingerprint density at radius 1 is 1.31 bits per heavy atom. The molecule has 5 nitrogen and oxygen atoms in total. The predicted octanol–water partition coefficient (Wildman–Crippen LogP) is 4.74. The number of hydrogen-bond acceptors (Lipinski definition) is 3. The summed E-state index contributed by atoms with van der Waals surface area (Å²) >= 11 is 6.19. The highest BCUT2D eigenvalue weighted by atomic mass is 35.5. The topological polar surface area (TPSA) is 51.3 Å². The van der Waals surface area contributed by atoms with Crippen LogP contribution in [-0.2, 0) is 5.92 Å². The molecule has 0 fully saturated rings. The Bertz CT molecular complexity index is 1110. The second kappa shape index (κ2) is 6.39. The summed E-state index contributed by atoms with van der Waals surface area (Å²) in [6.07, 6.45) is 0. The van der Waals surface area contributed by atoms with Crippen molar-refractivity contribution in [1.29, 1.82) is 0 Å². The molecule has 0 aliphatic heterocycles. The van der Waals surface area contributed by atoms with E-state index in [2.05, 4.69) is 15.1 Å². The van der Waals surface area contributed by atoms with Crippen LogP contribution in [0, 0.1) is 6.57 Å². The van der Waals surface area contributed by atoms with Crippen LogP contribution < -0.4 is 11.0 Å². The largest absolute Gasteiger partial charge is 0.372 e. The summed E-state index contributed by atoms with van der Waals surface area (Å²) < 4.78 is 29.2. The number of anilines is 1. The van der Waals surface area contributed by atoms with Crippen LogP contribution in [0.15, 0.2) is 41.2 Å². The number of nitrogens with one attached hydrogen (secondary N) is 1. The highest BCUT2D eigenvalue weighted by Crippen LogP contribution is 2.39. The number of aromatic nitrogens is 2. The van der Waals surface area contributed by atoms with Gasteiger partial charge in [0, 0.05) is 24.9 Å². The van der Waals surface area contributed by atoms with Gasteiger partial charge in [-0.3, -0.25) is 4.57 Å². The van der Waals surface area contributed by atoms with Gasteiger partial charge in [0.25, 0.3) is 5.92 Å². The normalized spacial score (nSPS) is 11.4.